The maximum Gasteiger partial charge on any atom is 0.407 e. The molecule has 0 radical (unpaired) electrons. The maximum absolute atomic E-state index is 15.9. The number of hydrogen-bond acceptors (Lipinski definition) is 13. The SMILES string of the molecule is COC(=O)N[C@H](C(=O)N[C@@H](Cc1ccc(C#Cc2ccc(N3CC4CCC(C3)N4C3COC3)nc2)cc1)[C@@H](O)CN(Cc1c(F)cc(-c2cc[nH]n2)cc1F)NC(=O)[C@@H](NC(=O)OC)C(C)(C)C(F)(F)F)C(C)(C)C(F)(F)F. The quantitative estimate of drug-likeness (QED) is 0.0399. The molecule has 0 spiro atoms. The number of carbonyl (C=O) groups excluding carboxylic acids is 4. The van der Waals surface area contributed by atoms with Crippen LogP contribution >= 0.6 is 0 Å². The van der Waals surface area contributed by atoms with Gasteiger partial charge in [0.2, 0.25) is 5.91 Å². The number of methoxy groups -OCH3 is 2. The van der Waals surface area contributed by atoms with Gasteiger partial charge in [-0.3, -0.25) is 25.0 Å². The molecule has 3 aliphatic heterocycles. The molecule has 422 valence electrons. The average molecular weight is 1110 g/mol. The van der Waals surface area contributed by atoms with Crippen molar-refractivity contribution in [3.63, 3.8) is 0 Å². The van der Waals surface area contributed by atoms with Gasteiger partial charge in [0.05, 0.1) is 62.1 Å². The van der Waals surface area contributed by atoms with Crippen molar-refractivity contribution < 1.29 is 73.6 Å². The number of halogens is 8. The molecule has 6 atom stereocenters. The Labute approximate surface area is 443 Å². The van der Waals surface area contributed by atoms with Crippen LogP contribution in [0.5, 0.6) is 0 Å². The van der Waals surface area contributed by atoms with E-state index in [1.807, 2.05) is 22.8 Å². The molecule has 78 heavy (non-hydrogen) atoms. The number of benzene rings is 2. The van der Waals surface area contributed by atoms with Crippen LogP contribution in [0.1, 0.15) is 62.8 Å². The Kier molecular flexibility index (Phi) is 17.9. The Balaban J connectivity index is 1.17. The molecule has 7 rings (SSSR count). The zero-order valence-corrected chi connectivity index (χ0v) is 43.3. The molecule has 0 aliphatic carbocycles. The molecule has 4 aromatic rings. The lowest BCUT2D eigenvalue weighted by atomic mass is 9.82. The highest BCUT2D eigenvalue weighted by molar-refractivity contribution is 5.87. The van der Waals surface area contributed by atoms with Crippen molar-refractivity contribution in [1.82, 2.24) is 46.5 Å². The Morgan fingerprint density at radius 1 is 0.795 bits per heavy atom. The number of anilines is 1. The number of fused-ring (bicyclic) bond motifs is 2. The van der Waals surface area contributed by atoms with Crippen LogP contribution in [0.3, 0.4) is 0 Å². The third-order valence-corrected chi connectivity index (χ3v) is 14.5. The predicted octanol–water partition coefficient (Wildman–Crippen LogP) is 5.75. The number of carbonyl (C=O) groups is 4. The minimum Gasteiger partial charge on any atom is -0.453 e. The van der Waals surface area contributed by atoms with Gasteiger partial charge in [0.15, 0.2) is 0 Å². The number of hydrazine groups is 1. The van der Waals surface area contributed by atoms with Gasteiger partial charge in [0.1, 0.15) is 29.5 Å². The van der Waals surface area contributed by atoms with Crippen molar-refractivity contribution in [2.24, 2.45) is 10.8 Å². The number of pyridine rings is 1. The van der Waals surface area contributed by atoms with E-state index in [0.717, 1.165) is 71.3 Å². The molecule has 3 saturated heterocycles. The van der Waals surface area contributed by atoms with Gasteiger partial charge < -0.3 is 40.2 Å². The first kappa shape index (κ1) is 58.6. The first-order chi connectivity index (χ1) is 36.7. The van der Waals surface area contributed by atoms with Crippen LogP contribution in [0.2, 0.25) is 0 Å². The third kappa shape index (κ3) is 13.4. The molecule has 0 saturated carbocycles. The molecule has 3 aliphatic rings. The number of alkyl halides is 6. The molecule has 2 unspecified atom stereocenters. The summed E-state index contributed by atoms with van der Waals surface area (Å²) in [5.41, 5.74) is -3.27. The van der Waals surface area contributed by atoms with E-state index < -0.39 is 108 Å². The zero-order chi connectivity index (χ0) is 56.9. The lowest BCUT2D eigenvalue weighted by Crippen LogP contribution is -2.63. The number of alkyl carbamates (subject to hydrolysis) is 2. The molecule has 18 nitrogen and oxygen atoms in total. The normalized spacial score (nSPS) is 18.6. The highest BCUT2D eigenvalue weighted by atomic mass is 19.4. The summed E-state index contributed by atoms with van der Waals surface area (Å²) < 4.78 is 133. The van der Waals surface area contributed by atoms with Crippen molar-refractivity contribution in [2.45, 2.75) is 108 Å². The van der Waals surface area contributed by atoms with Crippen LogP contribution in [0, 0.1) is 34.3 Å². The third-order valence-electron chi connectivity index (χ3n) is 14.5. The summed E-state index contributed by atoms with van der Waals surface area (Å²) in [5.74, 6) is 1.32. The number of amides is 4. The first-order valence-corrected chi connectivity index (χ1v) is 24.7. The van der Waals surface area contributed by atoms with Gasteiger partial charge in [-0.1, -0.05) is 24.0 Å². The monoisotopic (exact) mass is 1100 g/mol. The molecule has 26 heteroatoms. The second-order valence-electron chi connectivity index (χ2n) is 20.5. The van der Waals surface area contributed by atoms with Gasteiger partial charge in [-0.05, 0) is 95.0 Å². The number of rotatable bonds is 18. The number of aliphatic hydroxyl groups is 1. The van der Waals surface area contributed by atoms with E-state index in [0.29, 0.717) is 67.5 Å². The largest absolute Gasteiger partial charge is 0.453 e. The topological polar surface area (TPSA) is 216 Å². The fourth-order valence-electron chi connectivity index (χ4n) is 9.50. The number of hydrogen-bond donors (Lipinski definition) is 6. The number of ether oxygens (including phenoxy) is 3. The van der Waals surface area contributed by atoms with E-state index in [-0.39, 0.29) is 11.3 Å². The van der Waals surface area contributed by atoms with Crippen molar-refractivity contribution in [1.29, 1.82) is 0 Å². The van der Waals surface area contributed by atoms with E-state index in [2.05, 4.69) is 57.0 Å². The van der Waals surface area contributed by atoms with E-state index in [4.69, 9.17) is 4.74 Å². The fraction of sp³-hybridized carbons (Fsp3) is 0.500. The molecule has 3 fully saturated rings. The predicted molar refractivity (Wildman–Crippen MR) is 265 cm³/mol. The summed E-state index contributed by atoms with van der Waals surface area (Å²) in [6, 6.07) is 7.81. The minimum absolute atomic E-state index is 0.0470. The average Bonchev–Trinajstić information content (AvgIpc) is 4.06. The van der Waals surface area contributed by atoms with Crippen LogP contribution in [0.25, 0.3) is 11.3 Å². The van der Waals surface area contributed by atoms with Crippen LogP contribution in [0.15, 0.2) is 67.0 Å². The highest BCUT2D eigenvalue weighted by Gasteiger charge is 2.57. The van der Waals surface area contributed by atoms with E-state index >= 15 is 8.78 Å². The molecule has 2 bridgehead atoms. The number of nitrogens with one attached hydrogen (secondary N) is 5. The standard InChI is InChI=1S/C52H60F8N10O8/c1-49(2,51(55,56)57)43(64-47(74)76-5)45(72)63-40(19-30-10-7-29(8-11-30)9-12-31-13-16-42(61-22-31)68-23-33-14-15-34(24-68)70(33)35-27-78-28-35)41(71)26-69(25-36-37(53)20-32(21-38(36)54)39-17-18-62-66-39)67-46(73)44(65-48(75)77-6)50(3,4)52(58,59)60/h7-8,10-11,13,16-18,20-22,33-35,40-41,43-44,71H,14-15,19,23-28H2,1-6H3,(H,62,66)(H,63,72)(H,64,74)(H,65,75)(H,67,73)/t33?,34?,40-,41-,43+,44+/m0/s1. The van der Waals surface area contributed by atoms with Gasteiger partial charge >= 0.3 is 24.5 Å². The second-order valence-corrected chi connectivity index (χ2v) is 20.5. The lowest BCUT2D eigenvalue weighted by Gasteiger charge is -2.47. The summed E-state index contributed by atoms with van der Waals surface area (Å²) in [6.45, 7) is 3.57. The number of aromatic amines is 1. The zero-order valence-electron chi connectivity index (χ0n) is 43.3. The van der Waals surface area contributed by atoms with Gasteiger partial charge in [-0.2, -0.15) is 31.4 Å². The smallest absolute Gasteiger partial charge is 0.407 e. The molecular formula is C52H60F8N10O8. The number of aliphatic hydroxyl groups excluding tert-OH is 1. The number of piperazine rings is 1. The van der Waals surface area contributed by atoms with Crippen molar-refractivity contribution in [2.75, 3.05) is 52.0 Å². The number of aromatic nitrogens is 3. The second kappa shape index (κ2) is 23.9. The van der Waals surface area contributed by atoms with E-state index in [9.17, 15) is 50.6 Å². The molecular weight excluding hydrogens is 1040 g/mol. The summed E-state index contributed by atoms with van der Waals surface area (Å²) in [6.07, 6.45) is -10.4. The van der Waals surface area contributed by atoms with Crippen LogP contribution in [0.4, 0.5) is 50.5 Å². The van der Waals surface area contributed by atoms with Crippen molar-refractivity contribution in [3.05, 3.63) is 101 Å². The minimum atomic E-state index is -5.18. The van der Waals surface area contributed by atoms with E-state index in [1.165, 1.54) is 24.4 Å². The van der Waals surface area contributed by atoms with Crippen LogP contribution < -0.4 is 26.3 Å². The number of H-pyrrole nitrogens is 1. The summed E-state index contributed by atoms with van der Waals surface area (Å²) in [4.78, 5) is 62.4. The molecule has 2 aromatic carbocycles. The van der Waals surface area contributed by atoms with Crippen LogP contribution in [-0.2, 0) is 36.8 Å². The van der Waals surface area contributed by atoms with Gasteiger partial charge in [-0.25, -0.2) is 28.4 Å². The summed E-state index contributed by atoms with van der Waals surface area (Å²) in [7, 11) is 1.66. The highest BCUT2D eigenvalue weighted by Crippen LogP contribution is 2.42. The molecule has 5 heterocycles. The Morgan fingerprint density at radius 2 is 1.35 bits per heavy atom. The Hall–Kier alpha value is -7.08. The molecule has 4 amide bonds. The van der Waals surface area contributed by atoms with Crippen LogP contribution in [-0.4, -0.2) is 156 Å². The lowest BCUT2D eigenvalue weighted by molar-refractivity contribution is -0.221. The van der Waals surface area contributed by atoms with Crippen molar-refractivity contribution >= 4 is 29.8 Å². The summed E-state index contributed by atoms with van der Waals surface area (Å²) >= 11 is 0. The van der Waals surface area contributed by atoms with Gasteiger partial charge in [-0.15, -0.1) is 0 Å². The van der Waals surface area contributed by atoms with E-state index in [1.54, 1.807) is 18.3 Å². The first-order valence-electron chi connectivity index (χ1n) is 24.7. The Morgan fingerprint density at radius 3 is 1.83 bits per heavy atom. The van der Waals surface area contributed by atoms with Gasteiger partial charge in [0.25, 0.3) is 5.91 Å². The summed E-state index contributed by atoms with van der Waals surface area (Å²) in [5, 5.41) is 25.1. The Bertz CT molecular complexity index is 2790. The number of nitrogens with zero attached hydrogens (tertiary/aromatic N) is 5. The maximum atomic E-state index is 15.9. The van der Waals surface area contributed by atoms with Gasteiger partial charge in [0, 0.05) is 72.9 Å². The molecule has 2 aromatic heterocycles. The van der Waals surface area contributed by atoms with Crippen molar-refractivity contribution in [3.8, 4) is 23.1 Å². The fourth-order valence-corrected chi connectivity index (χ4v) is 9.50. The molecule has 6 N–H and O–H groups in total.